The molecule has 3 rings (SSSR count). The number of benzene rings is 3. The largest absolute Gasteiger partial charge is 0.354 e. The minimum Gasteiger partial charge on any atom is -0.354 e. The van der Waals surface area contributed by atoms with Crippen LogP contribution >= 0.6 is 23.2 Å². The van der Waals surface area contributed by atoms with Crippen LogP contribution in [0.4, 0.5) is 10.1 Å². The van der Waals surface area contributed by atoms with Gasteiger partial charge in [0.15, 0.2) is 0 Å². The van der Waals surface area contributed by atoms with Crippen molar-refractivity contribution < 1.29 is 22.4 Å². The summed E-state index contributed by atoms with van der Waals surface area (Å²) in [5.74, 6) is -1.58. The number of anilines is 1. The van der Waals surface area contributed by atoms with Crippen LogP contribution in [-0.4, -0.2) is 44.3 Å². The maximum Gasteiger partial charge on any atom is 0.264 e. The third-order valence-corrected chi connectivity index (χ3v) is 8.83. The average Bonchev–Trinajstić information content (AvgIpc) is 2.94. The quantitative estimate of drug-likeness (QED) is 0.240. The molecule has 0 heterocycles. The van der Waals surface area contributed by atoms with Crippen LogP contribution in [0.3, 0.4) is 0 Å². The molecule has 1 unspecified atom stereocenters. The second-order valence-corrected chi connectivity index (χ2v) is 11.8. The van der Waals surface area contributed by atoms with Gasteiger partial charge in [0, 0.05) is 28.7 Å². The summed E-state index contributed by atoms with van der Waals surface area (Å²) < 4.78 is 42.1. The topological polar surface area (TPSA) is 86.8 Å². The van der Waals surface area contributed by atoms with E-state index in [1.54, 1.807) is 43.3 Å². The Hall–Kier alpha value is -3.14. The first kappa shape index (κ1) is 31.4. The summed E-state index contributed by atoms with van der Waals surface area (Å²) in [7, 11) is -4.24. The van der Waals surface area contributed by atoms with E-state index in [4.69, 9.17) is 23.2 Å². The maximum absolute atomic E-state index is 14.0. The molecule has 0 fully saturated rings. The predicted molar refractivity (Wildman–Crippen MR) is 156 cm³/mol. The van der Waals surface area contributed by atoms with Crippen LogP contribution < -0.4 is 9.62 Å². The molecule has 0 aliphatic rings. The van der Waals surface area contributed by atoms with E-state index in [9.17, 15) is 22.4 Å². The second-order valence-electron chi connectivity index (χ2n) is 9.09. The van der Waals surface area contributed by atoms with Crippen molar-refractivity contribution in [2.75, 3.05) is 17.4 Å². The van der Waals surface area contributed by atoms with Gasteiger partial charge in [0.05, 0.1) is 10.6 Å². The van der Waals surface area contributed by atoms with Crippen molar-refractivity contribution in [2.45, 2.75) is 50.6 Å². The number of sulfonamides is 1. The van der Waals surface area contributed by atoms with Crippen LogP contribution in [0.1, 0.15) is 38.7 Å². The summed E-state index contributed by atoms with van der Waals surface area (Å²) in [6.45, 7) is 3.42. The van der Waals surface area contributed by atoms with Crippen molar-refractivity contribution in [3.63, 3.8) is 0 Å². The van der Waals surface area contributed by atoms with E-state index in [-0.39, 0.29) is 29.5 Å². The molecule has 214 valence electrons. The van der Waals surface area contributed by atoms with Gasteiger partial charge in [0.1, 0.15) is 18.4 Å². The molecule has 0 saturated carbocycles. The van der Waals surface area contributed by atoms with Crippen LogP contribution in [0.2, 0.25) is 10.0 Å². The molecular weight excluding hydrogens is 576 g/mol. The molecule has 0 aliphatic carbocycles. The smallest absolute Gasteiger partial charge is 0.264 e. The molecule has 0 aliphatic heterocycles. The van der Waals surface area contributed by atoms with Gasteiger partial charge in [0.2, 0.25) is 11.8 Å². The molecule has 2 amide bonds. The van der Waals surface area contributed by atoms with Crippen molar-refractivity contribution in [1.82, 2.24) is 10.2 Å². The first-order chi connectivity index (χ1) is 19.1. The number of amides is 2. The van der Waals surface area contributed by atoms with Crippen molar-refractivity contribution >= 4 is 50.7 Å². The van der Waals surface area contributed by atoms with Gasteiger partial charge in [-0.2, -0.15) is 0 Å². The fourth-order valence-electron chi connectivity index (χ4n) is 4.14. The van der Waals surface area contributed by atoms with Crippen molar-refractivity contribution in [2.24, 2.45) is 0 Å². The van der Waals surface area contributed by atoms with Crippen molar-refractivity contribution in [3.8, 4) is 0 Å². The highest BCUT2D eigenvalue weighted by atomic mass is 35.5. The minimum atomic E-state index is -4.24. The number of unbranched alkanes of at least 4 members (excludes halogenated alkanes) is 1. The van der Waals surface area contributed by atoms with E-state index >= 15 is 0 Å². The normalized spacial score (nSPS) is 12.0. The van der Waals surface area contributed by atoms with E-state index in [0.717, 1.165) is 29.3 Å². The van der Waals surface area contributed by atoms with Gasteiger partial charge in [-0.15, -0.1) is 0 Å². The summed E-state index contributed by atoms with van der Waals surface area (Å²) >= 11 is 12.8. The zero-order chi connectivity index (χ0) is 29.3. The molecule has 11 heteroatoms. The molecule has 40 heavy (non-hydrogen) atoms. The first-order valence-corrected chi connectivity index (χ1v) is 15.1. The van der Waals surface area contributed by atoms with Gasteiger partial charge in [-0.1, -0.05) is 67.7 Å². The Morgan fingerprint density at radius 2 is 1.55 bits per heavy atom. The molecule has 3 aromatic rings. The fraction of sp³-hybridized carbons (Fsp3) is 0.310. The molecule has 0 aromatic heterocycles. The number of nitrogens with zero attached hydrogens (tertiary/aromatic N) is 2. The lowest BCUT2D eigenvalue weighted by molar-refractivity contribution is -0.140. The van der Waals surface area contributed by atoms with E-state index < -0.39 is 34.3 Å². The van der Waals surface area contributed by atoms with Crippen LogP contribution in [-0.2, 0) is 26.2 Å². The molecule has 0 radical (unpaired) electrons. The Balaban J connectivity index is 2.06. The lowest BCUT2D eigenvalue weighted by Gasteiger charge is -2.33. The highest BCUT2D eigenvalue weighted by Gasteiger charge is 2.34. The van der Waals surface area contributed by atoms with Gasteiger partial charge >= 0.3 is 0 Å². The standard InChI is InChI=1S/C29H32Cl2FN3O4S/c1-3-5-18-33-29(37)27(4-2)34(19-24-25(30)12-9-13-26(24)31)28(36)20-35(22-16-14-21(32)15-17-22)40(38,39)23-10-7-6-8-11-23/h6-17,27H,3-5,18-20H2,1-2H3,(H,33,37). The number of nitrogens with one attached hydrogen (secondary N) is 1. The fourth-order valence-corrected chi connectivity index (χ4v) is 6.09. The zero-order valence-corrected chi connectivity index (χ0v) is 24.6. The number of rotatable bonds is 13. The first-order valence-electron chi connectivity index (χ1n) is 12.9. The number of hydrogen-bond donors (Lipinski definition) is 1. The monoisotopic (exact) mass is 607 g/mol. The minimum absolute atomic E-state index is 0.0443. The molecule has 0 saturated heterocycles. The highest BCUT2D eigenvalue weighted by Crippen LogP contribution is 2.29. The van der Waals surface area contributed by atoms with Crippen molar-refractivity contribution in [3.05, 3.63) is 94.2 Å². The van der Waals surface area contributed by atoms with Crippen LogP contribution in [0, 0.1) is 5.82 Å². The summed E-state index contributed by atoms with van der Waals surface area (Å²) in [6, 6.07) is 16.4. The molecular formula is C29H32Cl2FN3O4S. The number of halogens is 3. The SMILES string of the molecule is CCCCNC(=O)C(CC)N(Cc1c(Cl)cccc1Cl)C(=O)CN(c1ccc(F)cc1)S(=O)(=O)c1ccccc1. The third-order valence-electron chi connectivity index (χ3n) is 6.33. The van der Waals surface area contributed by atoms with Gasteiger partial charge in [0.25, 0.3) is 10.0 Å². The Kier molecular flexibility index (Phi) is 11.4. The Labute approximate surface area is 244 Å². The third kappa shape index (κ3) is 7.74. The number of hydrogen-bond acceptors (Lipinski definition) is 4. The Bertz CT molecular complexity index is 1390. The van der Waals surface area contributed by atoms with E-state index in [2.05, 4.69) is 5.32 Å². The van der Waals surface area contributed by atoms with Crippen LogP contribution in [0.15, 0.2) is 77.7 Å². The molecule has 0 bridgehead atoms. The molecule has 3 aromatic carbocycles. The average molecular weight is 609 g/mol. The van der Waals surface area contributed by atoms with Crippen LogP contribution in [0.25, 0.3) is 0 Å². The summed E-state index contributed by atoms with van der Waals surface area (Å²) in [5.41, 5.74) is 0.521. The lowest BCUT2D eigenvalue weighted by atomic mass is 10.1. The second kappa shape index (κ2) is 14.5. The summed E-state index contributed by atoms with van der Waals surface area (Å²) in [5, 5.41) is 3.47. The number of carbonyl (C=O) groups is 2. The summed E-state index contributed by atoms with van der Waals surface area (Å²) in [4.78, 5) is 28.5. The van der Waals surface area contributed by atoms with E-state index in [0.29, 0.717) is 22.2 Å². The molecule has 1 atom stereocenters. The van der Waals surface area contributed by atoms with Gasteiger partial charge in [-0.05, 0) is 61.4 Å². The van der Waals surface area contributed by atoms with Crippen molar-refractivity contribution in [1.29, 1.82) is 0 Å². The zero-order valence-electron chi connectivity index (χ0n) is 22.3. The number of carbonyl (C=O) groups excluding carboxylic acids is 2. The van der Waals surface area contributed by atoms with Gasteiger partial charge in [-0.25, -0.2) is 12.8 Å². The van der Waals surface area contributed by atoms with Gasteiger partial charge in [-0.3, -0.25) is 13.9 Å². The summed E-state index contributed by atoms with van der Waals surface area (Å²) in [6.07, 6.45) is 1.90. The van der Waals surface area contributed by atoms with Crippen LogP contribution in [0.5, 0.6) is 0 Å². The predicted octanol–water partition coefficient (Wildman–Crippen LogP) is 6.05. The lowest BCUT2D eigenvalue weighted by Crippen LogP contribution is -2.52. The van der Waals surface area contributed by atoms with Gasteiger partial charge < -0.3 is 10.2 Å². The van der Waals surface area contributed by atoms with E-state index in [1.807, 2.05) is 6.92 Å². The molecule has 7 nitrogen and oxygen atoms in total. The Morgan fingerprint density at radius 3 is 2.12 bits per heavy atom. The highest BCUT2D eigenvalue weighted by molar-refractivity contribution is 7.92. The van der Waals surface area contributed by atoms with E-state index in [1.165, 1.54) is 29.2 Å². The maximum atomic E-state index is 14.0. The molecule has 0 spiro atoms. The molecule has 1 N–H and O–H groups in total. The Morgan fingerprint density at radius 1 is 0.925 bits per heavy atom.